The van der Waals surface area contributed by atoms with Crippen molar-refractivity contribution in [3.8, 4) is 11.4 Å². The van der Waals surface area contributed by atoms with Crippen molar-refractivity contribution in [3.63, 3.8) is 0 Å². The zero-order valence-electron chi connectivity index (χ0n) is 14.1. The first kappa shape index (κ1) is 18.2. The molecule has 0 spiro atoms. The third-order valence-electron chi connectivity index (χ3n) is 3.68. The molecule has 26 heavy (non-hydrogen) atoms. The summed E-state index contributed by atoms with van der Waals surface area (Å²) in [4.78, 5) is 4.10. The van der Waals surface area contributed by atoms with Gasteiger partial charge in [-0.2, -0.15) is 4.98 Å². The smallest absolute Gasteiger partial charge is 0.228 e. The molecule has 1 N–H and O–H groups in total. The first-order chi connectivity index (χ1) is 12.4. The number of aromatic nitrogens is 2. The molecule has 0 saturated heterocycles. The minimum Gasteiger partial charge on any atom is -0.339 e. The Hall–Kier alpha value is -2.58. The van der Waals surface area contributed by atoms with E-state index in [4.69, 9.17) is 4.52 Å². The SMILES string of the molecule is Cc1cccc(CS(=O)(=O)NCCc2nc(-c3ccccc3F)no2)c1. The summed E-state index contributed by atoms with van der Waals surface area (Å²) in [6.45, 7) is 2.03. The fourth-order valence-corrected chi connectivity index (χ4v) is 3.63. The Labute approximate surface area is 151 Å². The predicted molar refractivity (Wildman–Crippen MR) is 95.2 cm³/mol. The number of aryl methyl sites for hydroxylation is 1. The molecule has 6 nitrogen and oxygen atoms in total. The fourth-order valence-electron chi connectivity index (χ4n) is 2.49. The van der Waals surface area contributed by atoms with E-state index in [0.29, 0.717) is 0 Å². The van der Waals surface area contributed by atoms with Gasteiger partial charge in [0.15, 0.2) is 0 Å². The lowest BCUT2D eigenvalue weighted by Gasteiger charge is -2.06. The molecule has 0 radical (unpaired) electrons. The first-order valence-corrected chi connectivity index (χ1v) is 9.68. The highest BCUT2D eigenvalue weighted by Crippen LogP contribution is 2.19. The van der Waals surface area contributed by atoms with Crippen LogP contribution in [0.3, 0.4) is 0 Å². The van der Waals surface area contributed by atoms with Gasteiger partial charge in [0.25, 0.3) is 0 Å². The molecule has 1 heterocycles. The second-order valence-electron chi connectivity index (χ2n) is 5.88. The quantitative estimate of drug-likeness (QED) is 0.686. The molecule has 136 valence electrons. The number of nitrogens with zero attached hydrogens (tertiary/aromatic N) is 2. The van der Waals surface area contributed by atoms with Crippen molar-refractivity contribution in [3.05, 3.63) is 71.4 Å². The Morgan fingerprint density at radius 1 is 1.15 bits per heavy atom. The largest absolute Gasteiger partial charge is 0.339 e. The number of sulfonamides is 1. The Morgan fingerprint density at radius 3 is 2.73 bits per heavy atom. The summed E-state index contributed by atoms with van der Waals surface area (Å²) in [5, 5.41) is 3.74. The molecule has 0 saturated carbocycles. The Morgan fingerprint density at radius 2 is 1.96 bits per heavy atom. The third kappa shape index (κ3) is 4.74. The lowest BCUT2D eigenvalue weighted by Crippen LogP contribution is -2.27. The van der Waals surface area contributed by atoms with E-state index in [-0.39, 0.29) is 36.0 Å². The van der Waals surface area contributed by atoms with Crippen LogP contribution in [-0.2, 0) is 22.2 Å². The Bertz CT molecular complexity index is 1000. The molecular weight excluding hydrogens is 357 g/mol. The van der Waals surface area contributed by atoms with Crippen molar-refractivity contribution >= 4 is 10.0 Å². The van der Waals surface area contributed by atoms with E-state index in [9.17, 15) is 12.8 Å². The fraction of sp³-hybridized carbons (Fsp3) is 0.222. The van der Waals surface area contributed by atoms with Gasteiger partial charge in [0.2, 0.25) is 21.7 Å². The van der Waals surface area contributed by atoms with Crippen LogP contribution >= 0.6 is 0 Å². The van der Waals surface area contributed by atoms with Gasteiger partial charge in [0, 0.05) is 13.0 Å². The highest BCUT2D eigenvalue weighted by atomic mass is 32.2. The van der Waals surface area contributed by atoms with Crippen molar-refractivity contribution in [2.75, 3.05) is 6.54 Å². The van der Waals surface area contributed by atoms with E-state index in [0.717, 1.165) is 11.1 Å². The number of hydrogen-bond acceptors (Lipinski definition) is 5. The highest BCUT2D eigenvalue weighted by Gasteiger charge is 2.14. The predicted octanol–water partition coefficient (Wildman–Crippen LogP) is 2.85. The van der Waals surface area contributed by atoms with Crippen molar-refractivity contribution in [2.45, 2.75) is 19.1 Å². The van der Waals surface area contributed by atoms with Crippen LogP contribution < -0.4 is 4.72 Å². The van der Waals surface area contributed by atoms with Crippen LogP contribution in [0.4, 0.5) is 4.39 Å². The van der Waals surface area contributed by atoms with E-state index in [1.165, 1.54) is 6.07 Å². The van der Waals surface area contributed by atoms with Crippen molar-refractivity contribution in [1.82, 2.24) is 14.9 Å². The van der Waals surface area contributed by atoms with Crippen molar-refractivity contribution in [2.24, 2.45) is 0 Å². The van der Waals surface area contributed by atoms with Gasteiger partial charge in [-0.3, -0.25) is 0 Å². The van der Waals surface area contributed by atoms with E-state index in [1.54, 1.807) is 24.3 Å². The molecule has 0 atom stereocenters. The summed E-state index contributed by atoms with van der Waals surface area (Å²) in [6.07, 6.45) is 0.217. The van der Waals surface area contributed by atoms with Gasteiger partial charge >= 0.3 is 0 Å². The first-order valence-electron chi connectivity index (χ1n) is 8.03. The molecule has 0 aliphatic heterocycles. The molecule has 0 bridgehead atoms. The van der Waals surface area contributed by atoms with Crippen LogP contribution in [0.5, 0.6) is 0 Å². The number of nitrogens with one attached hydrogen (secondary N) is 1. The summed E-state index contributed by atoms with van der Waals surface area (Å²) in [5.74, 6) is -0.167. The summed E-state index contributed by atoms with van der Waals surface area (Å²) >= 11 is 0. The maximum atomic E-state index is 13.7. The summed E-state index contributed by atoms with van der Waals surface area (Å²) < 4.78 is 45.6. The lowest BCUT2D eigenvalue weighted by molar-refractivity contribution is 0.378. The Kier molecular flexibility index (Phi) is 5.43. The molecule has 0 aliphatic carbocycles. The maximum absolute atomic E-state index is 13.7. The summed E-state index contributed by atoms with van der Waals surface area (Å²) in [7, 11) is -3.47. The molecule has 3 rings (SSSR count). The number of halogens is 1. The standard InChI is InChI=1S/C18H18FN3O3S/c1-13-5-4-6-14(11-13)12-26(23,24)20-10-9-17-21-18(22-25-17)15-7-2-3-8-16(15)19/h2-8,11,20H,9-10,12H2,1H3. The van der Waals surface area contributed by atoms with Gasteiger partial charge in [0.1, 0.15) is 5.82 Å². The second-order valence-corrected chi connectivity index (χ2v) is 7.69. The lowest BCUT2D eigenvalue weighted by atomic mass is 10.2. The van der Waals surface area contributed by atoms with Gasteiger partial charge in [0.05, 0.1) is 11.3 Å². The zero-order valence-corrected chi connectivity index (χ0v) is 15.0. The second kappa shape index (κ2) is 7.76. The number of rotatable bonds is 7. The van der Waals surface area contributed by atoms with Crippen LogP contribution in [0.1, 0.15) is 17.0 Å². The molecule has 3 aromatic rings. The van der Waals surface area contributed by atoms with Crippen molar-refractivity contribution < 1.29 is 17.3 Å². The van der Waals surface area contributed by atoms with Gasteiger partial charge < -0.3 is 4.52 Å². The topological polar surface area (TPSA) is 85.1 Å². The number of hydrogen-bond donors (Lipinski definition) is 1. The van der Waals surface area contributed by atoms with E-state index in [2.05, 4.69) is 14.9 Å². The van der Waals surface area contributed by atoms with Crippen molar-refractivity contribution in [1.29, 1.82) is 0 Å². The highest BCUT2D eigenvalue weighted by molar-refractivity contribution is 7.88. The Balaban J connectivity index is 1.57. The van der Waals surface area contributed by atoms with Crippen LogP contribution in [0.25, 0.3) is 11.4 Å². The molecule has 0 unspecified atom stereocenters. The van der Waals surface area contributed by atoms with Gasteiger partial charge in [-0.25, -0.2) is 17.5 Å². The molecule has 0 fully saturated rings. The van der Waals surface area contributed by atoms with Crippen LogP contribution in [0.2, 0.25) is 0 Å². The minimum absolute atomic E-state index is 0.0982. The van der Waals surface area contributed by atoms with E-state index >= 15 is 0 Å². The monoisotopic (exact) mass is 375 g/mol. The zero-order chi connectivity index (χ0) is 18.6. The summed E-state index contributed by atoms with van der Waals surface area (Å²) in [6, 6.07) is 13.4. The number of benzene rings is 2. The van der Waals surface area contributed by atoms with Crippen LogP contribution in [-0.4, -0.2) is 25.1 Å². The molecule has 0 aliphatic rings. The third-order valence-corrected chi connectivity index (χ3v) is 5.04. The van der Waals surface area contributed by atoms with Gasteiger partial charge in [-0.05, 0) is 24.6 Å². The maximum Gasteiger partial charge on any atom is 0.228 e. The van der Waals surface area contributed by atoms with Gasteiger partial charge in [-0.1, -0.05) is 47.1 Å². The average molecular weight is 375 g/mol. The molecule has 0 amide bonds. The normalized spacial score (nSPS) is 11.6. The molecule has 8 heteroatoms. The molecule has 1 aromatic heterocycles. The summed E-state index contributed by atoms with van der Waals surface area (Å²) in [5.41, 5.74) is 1.96. The van der Waals surface area contributed by atoms with Crippen LogP contribution in [0.15, 0.2) is 53.1 Å². The minimum atomic E-state index is -3.47. The van der Waals surface area contributed by atoms with E-state index in [1.807, 2.05) is 25.1 Å². The average Bonchev–Trinajstić information content (AvgIpc) is 3.03. The molecule has 2 aromatic carbocycles. The molecular formula is C18H18FN3O3S. The van der Waals surface area contributed by atoms with Crippen LogP contribution in [0, 0.1) is 12.7 Å². The van der Waals surface area contributed by atoms with E-state index < -0.39 is 15.8 Å². The van der Waals surface area contributed by atoms with Gasteiger partial charge in [-0.15, -0.1) is 0 Å².